The number of nitrogens with one attached hydrogen (secondary N) is 1. The van der Waals surface area contributed by atoms with Gasteiger partial charge in [-0.1, -0.05) is 0 Å². The van der Waals surface area contributed by atoms with Crippen LogP contribution in [0.2, 0.25) is 0 Å². The summed E-state index contributed by atoms with van der Waals surface area (Å²) in [5.41, 5.74) is 4.35. The Hall–Kier alpha value is -1.33. The number of rotatable bonds is 4. The van der Waals surface area contributed by atoms with Gasteiger partial charge in [0.05, 0.1) is 17.1 Å². The Morgan fingerprint density at radius 3 is 2.28 bits per heavy atom. The average Bonchev–Trinajstić information content (AvgIpc) is 2.69. The molecule has 2 aromatic heterocycles. The summed E-state index contributed by atoms with van der Waals surface area (Å²) in [6.45, 7) is 6.91. The Balaban J connectivity index is 2.25. The number of thiazole rings is 1. The average molecular weight is 262 g/mol. The van der Waals surface area contributed by atoms with Crippen molar-refractivity contribution in [3.8, 4) is 0 Å². The molecule has 0 saturated heterocycles. The normalized spacial score (nSPS) is 10.9. The SMILES string of the molecule is CNCc1c(C)nc(Cc2csc(C)n2)nc1C. The molecule has 2 heterocycles. The van der Waals surface area contributed by atoms with E-state index in [1.165, 1.54) is 5.56 Å². The molecule has 0 unspecified atom stereocenters. The van der Waals surface area contributed by atoms with Crippen LogP contribution in [-0.4, -0.2) is 22.0 Å². The number of nitrogens with zero attached hydrogens (tertiary/aromatic N) is 3. The number of aromatic nitrogens is 3. The molecule has 1 N–H and O–H groups in total. The van der Waals surface area contributed by atoms with Gasteiger partial charge in [-0.15, -0.1) is 11.3 Å². The van der Waals surface area contributed by atoms with Crippen LogP contribution in [0.25, 0.3) is 0 Å². The fourth-order valence-electron chi connectivity index (χ4n) is 1.97. The minimum atomic E-state index is 0.714. The standard InChI is InChI=1S/C13H18N4S/c1-8-12(6-14-4)9(2)16-13(15-8)5-11-7-18-10(3)17-11/h7,14H,5-6H2,1-4H3. The summed E-state index contributed by atoms with van der Waals surface area (Å²) in [5.74, 6) is 0.857. The van der Waals surface area contributed by atoms with E-state index in [1.807, 2.05) is 27.8 Å². The van der Waals surface area contributed by atoms with Gasteiger partial charge in [0.25, 0.3) is 0 Å². The minimum absolute atomic E-state index is 0.714. The van der Waals surface area contributed by atoms with E-state index in [0.29, 0.717) is 6.42 Å². The Bertz CT molecular complexity index is 525. The molecule has 0 fully saturated rings. The summed E-state index contributed by atoms with van der Waals surface area (Å²) >= 11 is 1.67. The van der Waals surface area contributed by atoms with Crippen LogP contribution in [0.1, 0.15) is 33.5 Å². The molecule has 0 amide bonds. The van der Waals surface area contributed by atoms with Crippen LogP contribution in [0, 0.1) is 20.8 Å². The van der Waals surface area contributed by atoms with Crippen molar-refractivity contribution >= 4 is 11.3 Å². The second kappa shape index (κ2) is 5.54. The van der Waals surface area contributed by atoms with E-state index in [0.717, 1.165) is 34.5 Å². The van der Waals surface area contributed by atoms with Gasteiger partial charge >= 0.3 is 0 Å². The van der Waals surface area contributed by atoms with Gasteiger partial charge in [0, 0.05) is 28.9 Å². The van der Waals surface area contributed by atoms with Gasteiger partial charge in [0.15, 0.2) is 0 Å². The van der Waals surface area contributed by atoms with Crippen molar-refractivity contribution in [3.05, 3.63) is 38.9 Å². The highest BCUT2D eigenvalue weighted by Gasteiger charge is 2.09. The summed E-state index contributed by atoms with van der Waals surface area (Å²) in [4.78, 5) is 13.6. The molecule has 0 aliphatic heterocycles. The Morgan fingerprint density at radius 1 is 1.11 bits per heavy atom. The van der Waals surface area contributed by atoms with Crippen LogP contribution >= 0.6 is 11.3 Å². The molecule has 0 saturated carbocycles. The third-order valence-electron chi connectivity index (χ3n) is 2.83. The van der Waals surface area contributed by atoms with Gasteiger partial charge in [-0.25, -0.2) is 15.0 Å². The predicted molar refractivity (Wildman–Crippen MR) is 73.9 cm³/mol. The summed E-state index contributed by atoms with van der Waals surface area (Å²) in [6, 6.07) is 0. The molecule has 5 heteroatoms. The van der Waals surface area contributed by atoms with Crippen LogP contribution in [-0.2, 0) is 13.0 Å². The lowest BCUT2D eigenvalue weighted by Gasteiger charge is -2.09. The van der Waals surface area contributed by atoms with Gasteiger partial charge in [0.1, 0.15) is 5.82 Å². The zero-order valence-electron chi connectivity index (χ0n) is 11.2. The maximum atomic E-state index is 4.57. The first-order valence-electron chi connectivity index (χ1n) is 5.98. The van der Waals surface area contributed by atoms with E-state index in [-0.39, 0.29) is 0 Å². The molecular weight excluding hydrogens is 244 g/mol. The molecule has 0 atom stereocenters. The highest BCUT2D eigenvalue weighted by Crippen LogP contribution is 2.14. The van der Waals surface area contributed by atoms with Crippen molar-refractivity contribution in [2.24, 2.45) is 0 Å². The first kappa shape index (κ1) is 13.1. The maximum absolute atomic E-state index is 4.57. The highest BCUT2D eigenvalue weighted by atomic mass is 32.1. The lowest BCUT2D eigenvalue weighted by molar-refractivity contribution is 0.772. The third kappa shape index (κ3) is 2.91. The summed E-state index contributed by atoms with van der Waals surface area (Å²) < 4.78 is 0. The molecule has 0 aromatic carbocycles. The monoisotopic (exact) mass is 262 g/mol. The molecule has 0 bridgehead atoms. The van der Waals surface area contributed by atoms with Gasteiger partial charge in [0.2, 0.25) is 0 Å². The molecule has 18 heavy (non-hydrogen) atoms. The second-order valence-corrected chi connectivity index (χ2v) is 5.42. The smallest absolute Gasteiger partial charge is 0.134 e. The van der Waals surface area contributed by atoms with Crippen molar-refractivity contribution in [3.63, 3.8) is 0 Å². The van der Waals surface area contributed by atoms with Crippen molar-refractivity contribution in [1.82, 2.24) is 20.3 Å². The maximum Gasteiger partial charge on any atom is 0.134 e. The van der Waals surface area contributed by atoms with E-state index in [1.54, 1.807) is 11.3 Å². The van der Waals surface area contributed by atoms with Crippen LogP contribution in [0.15, 0.2) is 5.38 Å². The quantitative estimate of drug-likeness (QED) is 0.917. The van der Waals surface area contributed by atoms with Gasteiger partial charge in [-0.2, -0.15) is 0 Å². The van der Waals surface area contributed by atoms with E-state index >= 15 is 0 Å². The topological polar surface area (TPSA) is 50.7 Å². The Kier molecular flexibility index (Phi) is 4.04. The van der Waals surface area contributed by atoms with Crippen LogP contribution < -0.4 is 5.32 Å². The lowest BCUT2D eigenvalue weighted by atomic mass is 10.1. The van der Waals surface area contributed by atoms with Crippen molar-refractivity contribution < 1.29 is 0 Å². The first-order valence-corrected chi connectivity index (χ1v) is 6.86. The van der Waals surface area contributed by atoms with Crippen molar-refractivity contribution in [1.29, 1.82) is 0 Å². The lowest BCUT2D eigenvalue weighted by Crippen LogP contribution is -2.12. The molecule has 2 rings (SSSR count). The molecule has 0 aliphatic rings. The van der Waals surface area contributed by atoms with Crippen LogP contribution in [0.4, 0.5) is 0 Å². The molecule has 2 aromatic rings. The van der Waals surface area contributed by atoms with E-state index in [2.05, 4.69) is 25.6 Å². The molecule has 96 valence electrons. The zero-order chi connectivity index (χ0) is 13.1. The van der Waals surface area contributed by atoms with Gasteiger partial charge < -0.3 is 5.32 Å². The predicted octanol–water partition coefficient (Wildman–Crippen LogP) is 2.17. The van der Waals surface area contributed by atoms with E-state index < -0.39 is 0 Å². The van der Waals surface area contributed by atoms with Crippen molar-refractivity contribution in [2.45, 2.75) is 33.7 Å². The number of aryl methyl sites for hydroxylation is 3. The minimum Gasteiger partial charge on any atom is -0.316 e. The second-order valence-electron chi connectivity index (χ2n) is 4.35. The fourth-order valence-corrected chi connectivity index (χ4v) is 2.58. The number of hydrogen-bond acceptors (Lipinski definition) is 5. The fraction of sp³-hybridized carbons (Fsp3) is 0.462. The van der Waals surface area contributed by atoms with Crippen LogP contribution in [0.5, 0.6) is 0 Å². The molecule has 0 aliphatic carbocycles. The summed E-state index contributed by atoms with van der Waals surface area (Å²) in [6.07, 6.45) is 0.714. The number of hydrogen-bond donors (Lipinski definition) is 1. The van der Waals surface area contributed by atoms with Gasteiger partial charge in [-0.3, -0.25) is 0 Å². The largest absolute Gasteiger partial charge is 0.316 e. The van der Waals surface area contributed by atoms with Crippen molar-refractivity contribution in [2.75, 3.05) is 7.05 Å². The van der Waals surface area contributed by atoms with Gasteiger partial charge in [-0.05, 0) is 27.8 Å². The highest BCUT2D eigenvalue weighted by molar-refractivity contribution is 7.09. The summed E-state index contributed by atoms with van der Waals surface area (Å²) in [7, 11) is 1.94. The molecule has 4 nitrogen and oxygen atoms in total. The summed E-state index contributed by atoms with van der Waals surface area (Å²) in [5, 5.41) is 6.31. The Labute approximate surface area is 112 Å². The first-order chi connectivity index (χ1) is 8.60. The molecule has 0 radical (unpaired) electrons. The molecule has 0 spiro atoms. The zero-order valence-corrected chi connectivity index (χ0v) is 12.1. The van der Waals surface area contributed by atoms with Crippen LogP contribution in [0.3, 0.4) is 0 Å². The van der Waals surface area contributed by atoms with E-state index in [9.17, 15) is 0 Å². The molecular formula is C13H18N4S. The Morgan fingerprint density at radius 2 is 1.78 bits per heavy atom. The van der Waals surface area contributed by atoms with E-state index in [4.69, 9.17) is 0 Å². The third-order valence-corrected chi connectivity index (χ3v) is 3.65.